The summed E-state index contributed by atoms with van der Waals surface area (Å²) in [6.07, 6.45) is -2.73. The third-order valence-electron chi connectivity index (χ3n) is 3.00. The standard InChI is InChI=1S/C15H9F3N/c16-15(17,18)12-6-2-4-8-14(12)19-10-9-11-5-1-3-7-13(11)19/h2-10H. The Morgan fingerprint density at radius 2 is 1.79 bits per heavy atom. The van der Waals surface area contributed by atoms with Gasteiger partial charge >= 0.3 is 6.18 Å². The van der Waals surface area contributed by atoms with Gasteiger partial charge in [-0.05, 0) is 36.4 Å². The molecule has 0 amide bonds. The van der Waals surface area contributed by atoms with Crippen molar-refractivity contribution in [3.05, 3.63) is 66.4 Å². The summed E-state index contributed by atoms with van der Waals surface area (Å²) in [7, 11) is 0. The lowest BCUT2D eigenvalue weighted by Gasteiger charge is -2.14. The molecule has 4 heteroatoms. The normalized spacial score (nSPS) is 11.9. The van der Waals surface area contributed by atoms with Gasteiger partial charge < -0.3 is 4.57 Å². The van der Waals surface area contributed by atoms with Crippen LogP contribution in [-0.2, 0) is 6.18 Å². The summed E-state index contributed by atoms with van der Waals surface area (Å²) in [6, 6.07) is 15.4. The predicted octanol–water partition coefficient (Wildman–Crippen LogP) is 4.45. The number of hydrogen-bond acceptors (Lipinski definition) is 0. The highest BCUT2D eigenvalue weighted by atomic mass is 19.4. The Labute approximate surface area is 107 Å². The summed E-state index contributed by atoms with van der Waals surface area (Å²) in [5.41, 5.74) is 0.229. The maximum absolute atomic E-state index is 13.0. The van der Waals surface area contributed by atoms with Gasteiger partial charge in [-0.3, -0.25) is 0 Å². The van der Waals surface area contributed by atoms with E-state index in [9.17, 15) is 13.2 Å². The Balaban J connectivity index is 2.28. The smallest absolute Gasteiger partial charge is 0.316 e. The fourth-order valence-corrected chi connectivity index (χ4v) is 2.16. The molecule has 0 fully saturated rings. The monoisotopic (exact) mass is 260 g/mol. The Bertz CT molecular complexity index is 725. The van der Waals surface area contributed by atoms with Crippen LogP contribution >= 0.6 is 0 Å². The predicted molar refractivity (Wildman–Crippen MR) is 67.1 cm³/mol. The lowest BCUT2D eigenvalue weighted by molar-refractivity contribution is -0.137. The van der Waals surface area contributed by atoms with Gasteiger partial charge in [-0.2, -0.15) is 13.2 Å². The SMILES string of the molecule is FC(F)(F)c1ccccc1-n1ccc2c[c]ccc21. The number of hydrogen-bond donors (Lipinski definition) is 0. The van der Waals surface area contributed by atoms with Crippen LogP contribution in [-0.4, -0.2) is 4.57 Å². The van der Waals surface area contributed by atoms with E-state index in [-0.39, 0.29) is 5.69 Å². The van der Waals surface area contributed by atoms with E-state index in [2.05, 4.69) is 6.07 Å². The highest BCUT2D eigenvalue weighted by molar-refractivity contribution is 5.82. The number of rotatable bonds is 1. The molecule has 1 nitrogen and oxygen atoms in total. The van der Waals surface area contributed by atoms with Crippen LogP contribution in [0.3, 0.4) is 0 Å². The molecule has 3 rings (SSSR count). The highest BCUT2D eigenvalue weighted by Gasteiger charge is 2.33. The van der Waals surface area contributed by atoms with Gasteiger partial charge in [0.05, 0.1) is 16.8 Å². The van der Waals surface area contributed by atoms with Gasteiger partial charge in [0, 0.05) is 11.6 Å². The zero-order chi connectivity index (χ0) is 13.5. The van der Waals surface area contributed by atoms with Crippen LogP contribution in [0.15, 0.2) is 54.7 Å². The van der Waals surface area contributed by atoms with Crippen molar-refractivity contribution < 1.29 is 13.2 Å². The van der Waals surface area contributed by atoms with E-state index in [1.165, 1.54) is 12.1 Å². The molecule has 0 aliphatic carbocycles. The summed E-state index contributed by atoms with van der Waals surface area (Å²) in [4.78, 5) is 0. The van der Waals surface area contributed by atoms with Crippen molar-refractivity contribution in [1.82, 2.24) is 4.57 Å². The Kier molecular flexibility index (Phi) is 2.59. The van der Waals surface area contributed by atoms with Crippen LogP contribution in [0.1, 0.15) is 5.56 Å². The van der Waals surface area contributed by atoms with E-state index in [1.807, 2.05) is 0 Å². The van der Waals surface area contributed by atoms with Gasteiger partial charge in [0.2, 0.25) is 0 Å². The second-order valence-corrected chi connectivity index (χ2v) is 4.19. The molecule has 1 heterocycles. The molecule has 0 aliphatic rings. The number of para-hydroxylation sites is 1. The van der Waals surface area contributed by atoms with Crippen LogP contribution in [0.5, 0.6) is 0 Å². The Hall–Kier alpha value is -2.23. The first-order valence-electron chi connectivity index (χ1n) is 5.71. The number of alkyl halides is 3. The average Bonchev–Trinajstić information content (AvgIpc) is 2.81. The highest BCUT2D eigenvalue weighted by Crippen LogP contribution is 2.34. The van der Waals surface area contributed by atoms with Crippen LogP contribution < -0.4 is 0 Å². The van der Waals surface area contributed by atoms with E-state index in [0.29, 0.717) is 0 Å². The molecule has 0 aliphatic heterocycles. The first-order chi connectivity index (χ1) is 9.07. The quantitative estimate of drug-likeness (QED) is 0.609. The molecule has 2 aromatic carbocycles. The minimum absolute atomic E-state index is 0.135. The first-order valence-corrected chi connectivity index (χ1v) is 5.71. The summed E-state index contributed by atoms with van der Waals surface area (Å²) in [5, 5.41) is 0.861. The molecule has 0 N–H and O–H groups in total. The Morgan fingerprint density at radius 1 is 1.00 bits per heavy atom. The fraction of sp³-hybridized carbons (Fsp3) is 0.0667. The van der Waals surface area contributed by atoms with Gasteiger partial charge in [0.15, 0.2) is 0 Å². The van der Waals surface area contributed by atoms with E-state index in [1.54, 1.807) is 41.1 Å². The molecule has 95 valence electrons. The zero-order valence-electron chi connectivity index (χ0n) is 9.78. The molecule has 1 aromatic heterocycles. The van der Waals surface area contributed by atoms with Gasteiger partial charge in [-0.25, -0.2) is 0 Å². The molecule has 3 aromatic rings. The van der Waals surface area contributed by atoms with Crippen molar-refractivity contribution in [2.45, 2.75) is 6.18 Å². The molecule has 19 heavy (non-hydrogen) atoms. The molecule has 0 bridgehead atoms. The maximum Gasteiger partial charge on any atom is 0.418 e. The van der Waals surface area contributed by atoms with Crippen molar-refractivity contribution >= 4 is 10.9 Å². The molecule has 0 saturated heterocycles. The largest absolute Gasteiger partial charge is 0.418 e. The van der Waals surface area contributed by atoms with Crippen LogP contribution in [0.2, 0.25) is 0 Å². The third-order valence-corrected chi connectivity index (χ3v) is 3.00. The fourth-order valence-electron chi connectivity index (χ4n) is 2.16. The lowest BCUT2D eigenvalue weighted by Crippen LogP contribution is -2.10. The minimum atomic E-state index is -4.37. The summed E-state index contributed by atoms with van der Waals surface area (Å²) >= 11 is 0. The molecule has 1 radical (unpaired) electrons. The summed E-state index contributed by atoms with van der Waals surface area (Å²) in [5.74, 6) is 0. The molecule has 0 saturated carbocycles. The summed E-state index contributed by atoms with van der Waals surface area (Å²) in [6.45, 7) is 0. The van der Waals surface area contributed by atoms with Gasteiger partial charge in [0.25, 0.3) is 0 Å². The average molecular weight is 260 g/mol. The number of aromatic nitrogens is 1. The second-order valence-electron chi connectivity index (χ2n) is 4.19. The molecule has 0 spiro atoms. The van der Waals surface area contributed by atoms with Crippen LogP contribution in [0, 0.1) is 6.07 Å². The van der Waals surface area contributed by atoms with E-state index >= 15 is 0 Å². The van der Waals surface area contributed by atoms with Gasteiger partial charge in [-0.1, -0.05) is 18.2 Å². The van der Waals surface area contributed by atoms with E-state index < -0.39 is 11.7 Å². The van der Waals surface area contributed by atoms with Gasteiger partial charge in [0.1, 0.15) is 0 Å². The van der Waals surface area contributed by atoms with Crippen LogP contribution in [0.25, 0.3) is 16.6 Å². The third kappa shape index (κ3) is 1.99. The summed E-state index contributed by atoms with van der Waals surface area (Å²) < 4.78 is 40.6. The number of halogens is 3. The number of fused-ring (bicyclic) bond motifs is 1. The van der Waals surface area contributed by atoms with E-state index in [0.717, 1.165) is 17.0 Å². The van der Waals surface area contributed by atoms with Crippen LogP contribution in [0.4, 0.5) is 13.2 Å². The second kappa shape index (κ2) is 4.16. The maximum atomic E-state index is 13.0. The van der Waals surface area contributed by atoms with Crippen molar-refractivity contribution in [3.8, 4) is 5.69 Å². The molecule has 0 atom stereocenters. The minimum Gasteiger partial charge on any atom is -0.316 e. The molecular formula is C15H9F3N. The molecular weight excluding hydrogens is 251 g/mol. The van der Waals surface area contributed by atoms with Crippen molar-refractivity contribution in [2.75, 3.05) is 0 Å². The van der Waals surface area contributed by atoms with Crippen molar-refractivity contribution in [1.29, 1.82) is 0 Å². The number of benzene rings is 2. The topological polar surface area (TPSA) is 4.93 Å². The zero-order valence-corrected chi connectivity index (χ0v) is 9.78. The lowest BCUT2D eigenvalue weighted by atomic mass is 10.1. The van der Waals surface area contributed by atoms with E-state index in [4.69, 9.17) is 0 Å². The number of nitrogens with zero attached hydrogens (tertiary/aromatic N) is 1. The molecule has 0 unspecified atom stereocenters. The van der Waals surface area contributed by atoms with Crippen molar-refractivity contribution in [2.24, 2.45) is 0 Å². The van der Waals surface area contributed by atoms with Gasteiger partial charge in [-0.15, -0.1) is 0 Å². The first kappa shape index (κ1) is 11.8. The van der Waals surface area contributed by atoms with Crippen molar-refractivity contribution in [3.63, 3.8) is 0 Å². The Morgan fingerprint density at radius 3 is 2.58 bits per heavy atom.